The van der Waals surface area contributed by atoms with Crippen molar-refractivity contribution in [3.8, 4) is 0 Å². The zero-order valence-electron chi connectivity index (χ0n) is 11.6. The van der Waals surface area contributed by atoms with Crippen molar-refractivity contribution in [3.63, 3.8) is 0 Å². The Bertz CT molecular complexity index is 695. The molecule has 2 rings (SSSR count). The van der Waals surface area contributed by atoms with E-state index in [0.717, 1.165) is 10.0 Å². The van der Waals surface area contributed by atoms with Gasteiger partial charge in [-0.25, -0.2) is 4.79 Å². The molecule has 4 nitrogen and oxygen atoms in total. The van der Waals surface area contributed by atoms with E-state index >= 15 is 0 Å². The van der Waals surface area contributed by atoms with E-state index in [9.17, 15) is 9.59 Å². The average molecular weight is 348 g/mol. The molecule has 0 saturated heterocycles. The first-order valence-electron chi connectivity index (χ1n) is 6.28. The van der Waals surface area contributed by atoms with E-state index in [2.05, 4.69) is 15.9 Å². The van der Waals surface area contributed by atoms with Gasteiger partial charge in [-0.05, 0) is 48.9 Å². The first kappa shape index (κ1) is 15.3. The van der Waals surface area contributed by atoms with E-state index < -0.39 is 5.97 Å². The van der Waals surface area contributed by atoms with E-state index in [-0.39, 0.29) is 11.5 Å². The monoisotopic (exact) mass is 347 g/mol. The van der Waals surface area contributed by atoms with Gasteiger partial charge in [-0.1, -0.05) is 22.0 Å². The fourth-order valence-electron chi connectivity index (χ4n) is 1.96. The van der Waals surface area contributed by atoms with Gasteiger partial charge < -0.3 is 10.0 Å². The second kappa shape index (κ2) is 6.10. The van der Waals surface area contributed by atoms with E-state index in [1.54, 1.807) is 25.2 Å². The Kier molecular flexibility index (Phi) is 4.43. The minimum Gasteiger partial charge on any atom is -0.478 e. The van der Waals surface area contributed by atoms with E-state index in [1.165, 1.54) is 17.0 Å². The molecule has 2 aromatic rings. The van der Waals surface area contributed by atoms with Gasteiger partial charge in [0, 0.05) is 22.8 Å². The third-order valence-electron chi connectivity index (χ3n) is 3.30. The summed E-state index contributed by atoms with van der Waals surface area (Å²) < 4.78 is 0.878. The molecular formula is C16H14BrNO3. The summed E-state index contributed by atoms with van der Waals surface area (Å²) in [5.41, 5.74) is 2.31. The molecule has 0 aliphatic carbocycles. The summed E-state index contributed by atoms with van der Waals surface area (Å²) in [4.78, 5) is 24.9. The molecule has 108 valence electrons. The Labute approximate surface area is 131 Å². The highest BCUT2D eigenvalue weighted by atomic mass is 79.9. The zero-order valence-corrected chi connectivity index (χ0v) is 13.2. The number of aromatic carboxylic acids is 1. The largest absolute Gasteiger partial charge is 0.478 e. The molecule has 1 amide bonds. The second-order valence-electron chi connectivity index (χ2n) is 4.63. The first-order chi connectivity index (χ1) is 9.91. The van der Waals surface area contributed by atoms with Crippen LogP contribution < -0.4 is 4.90 Å². The van der Waals surface area contributed by atoms with E-state index in [1.807, 2.05) is 19.1 Å². The highest BCUT2D eigenvalue weighted by Crippen LogP contribution is 2.23. The third-order valence-corrected chi connectivity index (χ3v) is 4.16. The number of hydrogen-bond acceptors (Lipinski definition) is 2. The van der Waals surface area contributed by atoms with Gasteiger partial charge in [0.15, 0.2) is 0 Å². The van der Waals surface area contributed by atoms with Gasteiger partial charge in [0.25, 0.3) is 5.91 Å². The summed E-state index contributed by atoms with van der Waals surface area (Å²) in [5.74, 6) is -1.13. The SMILES string of the molecule is Cc1c(Br)cccc1C(=O)N(C)c1ccc(C(=O)O)cc1. The minimum absolute atomic E-state index is 0.142. The minimum atomic E-state index is -0.988. The number of anilines is 1. The Balaban J connectivity index is 2.30. The molecular weight excluding hydrogens is 334 g/mol. The topological polar surface area (TPSA) is 57.6 Å². The van der Waals surface area contributed by atoms with Gasteiger partial charge >= 0.3 is 5.97 Å². The van der Waals surface area contributed by atoms with Crippen molar-refractivity contribution in [2.24, 2.45) is 0 Å². The van der Waals surface area contributed by atoms with Crippen molar-refractivity contribution in [2.75, 3.05) is 11.9 Å². The fourth-order valence-corrected chi connectivity index (χ4v) is 2.33. The number of carbonyl (C=O) groups is 2. The van der Waals surface area contributed by atoms with Crippen molar-refractivity contribution in [2.45, 2.75) is 6.92 Å². The lowest BCUT2D eigenvalue weighted by molar-refractivity contribution is 0.0696. The summed E-state index contributed by atoms with van der Waals surface area (Å²) in [6, 6.07) is 11.7. The lowest BCUT2D eigenvalue weighted by Crippen LogP contribution is -2.27. The molecule has 0 heterocycles. The van der Waals surface area contributed by atoms with Crippen molar-refractivity contribution >= 4 is 33.5 Å². The predicted molar refractivity (Wildman–Crippen MR) is 85.0 cm³/mol. The molecule has 0 unspecified atom stereocenters. The van der Waals surface area contributed by atoms with Gasteiger partial charge in [0.2, 0.25) is 0 Å². The smallest absolute Gasteiger partial charge is 0.335 e. The van der Waals surface area contributed by atoms with Crippen LogP contribution in [-0.4, -0.2) is 24.0 Å². The molecule has 2 aromatic carbocycles. The van der Waals surface area contributed by atoms with E-state index in [0.29, 0.717) is 11.3 Å². The average Bonchev–Trinajstić information content (AvgIpc) is 2.48. The van der Waals surface area contributed by atoms with Crippen LogP contribution in [0.3, 0.4) is 0 Å². The van der Waals surface area contributed by atoms with Crippen LogP contribution in [0.2, 0.25) is 0 Å². The van der Waals surface area contributed by atoms with Crippen molar-refractivity contribution in [1.29, 1.82) is 0 Å². The summed E-state index contributed by atoms with van der Waals surface area (Å²) in [5, 5.41) is 8.88. The number of carboxylic acid groups (broad SMARTS) is 1. The Morgan fingerprint density at radius 2 is 1.71 bits per heavy atom. The van der Waals surface area contributed by atoms with Crippen molar-refractivity contribution in [1.82, 2.24) is 0 Å². The number of nitrogens with zero attached hydrogens (tertiary/aromatic N) is 1. The molecule has 5 heteroatoms. The molecule has 0 radical (unpaired) electrons. The molecule has 0 fully saturated rings. The summed E-state index contributed by atoms with van der Waals surface area (Å²) >= 11 is 3.41. The Hall–Kier alpha value is -2.14. The summed E-state index contributed by atoms with van der Waals surface area (Å²) in [6.45, 7) is 1.87. The maximum Gasteiger partial charge on any atom is 0.335 e. The lowest BCUT2D eigenvalue weighted by Gasteiger charge is -2.19. The van der Waals surface area contributed by atoms with Crippen LogP contribution in [0.15, 0.2) is 46.9 Å². The highest BCUT2D eigenvalue weighted by Gasteiger charge is 2.17. The van der Waals surface area contributed by atoms with Crippen LogP contribution >= 0.6 is 15.9 Å². The standard InChI is InChI=1S/C16H14BrNO3/c1-10-13(4-3-5-14(10)17)15(19)18(2)12-8-6-11(7-9-12)16(20)21/h3-9H,1-2H3,(H,20,21). The number of rotatable bonds is 3. The number of carbonyl (C=O) groups excluding carboxylic acids is 1. The van der Waals surface area contributed by atoms with Crippen molar-refractivity contribution < 1.29 is 14.7 Å². The van der Waals surface area contributed by atoms with Gasteiger partial charge in [-0.15, -0.1) is 0 Å². The Morgan fingerprint density at radius 1 is 1.10 bits per heavy atom. The number of benzene rings is 2. The molecule has 21 heavy (non-hydrogen) atoms. The predicted octanol–water partition coefficient (Wildman–Crippen LogP) is 3.73. The van der Waals surface area contributed by atoms with Crippen LogP contribution in [0.5, 0.6) is 0 Å². The lowest BCUT2D eigenvalue weighted by atomic mass is 10.1. The fraction of sp³-hybridized carbons (Fsp3) is 0.125. The molecule has 0 saturated carbocycles. The number of carboxylic acids is 1. The summed E-state index contributed by atoms with van der Waals surface area (Å²) in [7, 11) is 1.67. The maximum atomic E-state index is 12.5. The van der Waals surface area contributed by atoms with Crippen molar-refractivity contribution in [3.05, 3.63) is 63.6 Å². The highest BCUT2D eigenvalue weighted by molar-refractivity contribution is 9.10. The van der Waals surface area contributed by atoms with Crippen LogP contribution in [0, 0.1) is 6.92 Å². The van der Waals surface area contributed by atoms with Crippen LogP contribution in [-0.2, 0) is 0 Å². The zero-order chi connectivity index (χ0) is 15.6. The molecule has 1 N–H and O–H groups in total. The summed E-state index contributed by atoms with van der Waals surface area (Å²) in [6.07, 6.45) is 0. The second-order valence-corrected chi connectivity index (χ2v) is 5.48. The van der Waals surface area contributed by atoms with E-state index in [4.69, 9.17) is 5.11 Å². The molecule has 0 aliphatic heterocycles. The first-order valence-corrected chi connectivity index (χ1v) is 7.07. The number of halogens is 1. The van der Waals surface area contributed by atoms with Gasteiger partial charge in [-0.3, -0.25) is 4.79 Å². The maximum absolute atomic E-state index is 12.5. The Morgan fingerprint density at radius 3 is 2.29 bits per heavy atom. The number of hydrogen-bond donors (Lipinski definition) is 1. The quantitative estimate of drug-likeness (QED) is 0.920. The number of amides is 1. The molecule has 0 atom stereocenters. The van der Waals surface area contributed by atoms with Gasteiger partial charge in [0.1, 0.15) is 0 Å². The van der Waals surface area contributed by atoms with Gasteiger partial charge in [0.05, 0.1) is 5.56 Å². The molecule has 0 bridgehead atoms. The van der Waals surface area contributed by atoms with Crippen LogP contribution in [0.4, 0.5) is 5.69 Å². The van der Waals surface area contributed by atoms with Crippen LogP contribution in [0.1, 0.15) is 26.3 Å². The molecule has 0 aromatic heterocycles. The molecule has 0 spiro atoms. The van der Waals surface area contributed by atoms with Crippen LogP contribution in [0.25, 0.3) is 0 Å². The normalized spacial score (nSPS) is 10.2. The van der Waals surface area contributed by atoms with Gasteiger partial charge in [-0.2, -0.15) is 0 Å². The third kappa shape index (κ3) is 3.13. The molecule has 0 aliphatic rings.